The van der Waals surface area contributed by atoms with E-state index < -0.39 is 24.5 Å². The molecule has 9 nitrogen and oxygen atoms in total. The number of aliphatic hydroxyl groups excluding tert-OH is 1. The van der Waals surface area contributed by atoms with Crippen LogP contribution < -0.4 is 10.1 Å². The average molecular weight is 391 g/mol. The molecule has 2 N–H and O–H groups in total. The molecule has 0 saturated heterocycles. The van der Waals surface area contributed by atoms with Crippen LogP contribution in [0.2, 0.25) is 0 Å². The van der Waals surface area contributed by atoms with Crippen molar-refractivity contribution in [2.45, 2.75) is 19.6 Å². The fourth-order valence-corrected chi connectivity index (χ4v) is 3.10. The summed E-state index contributed by atoms with van der Waals surface area (Å²) in [4.78, 5) is 31.9. The number of aryl methyl sites for hydroxylation is 1. The smallest absolute Gasteiger partial charge is 0.330 e. The molecule has 2 heterocycles. The molecule has 1 amide bonds. The third-order valence-electron chi connectivity index (χ3n) is 3.59. The van der Waals surface area contributed by atoms with Crippen LogP contribution in [0.5, 0.6) is 5.75 Å². The molecule has 0 spiro atoms. The maximum Gasteiger partial charge on any atom is 0.330 e. The van der Waals surface area contributed by atoms with Crippen molar-refractivity contribution in [3.63, 3.8) is 0 Å². The molecule has 0 aliphatic carbocycles. The van der Waals surface area contributed by atoms with E-state index in [0.29, 0.717) is 5.75 Å². The van der Waals surface area contributed by atoms with Crippen LogP contribution in [-0.2, 0) is 16.1 Å². The molecule has 27 heavy (non-hydrogen) atoms. The van der Waals surface area contributed by atoms with Crippen LogP contribution >= 0.6 is 11.3 Å². The zero-order chi connectivity index (χ0) is 19.4. The number of oxazole rings is 1. The Balaban J connectivity index is 1.61. The lowest BCUT2D eigenvalue weighted by molar-refractivity contribution is -0.143. The SMILES string of the molecule is COC(=O)C(CO)NC(=O)c1coc(COc2ccc3sc(C)nc3c2)n1. The summed E-state index contributed by atoms with van der Waals surface area (Å²) in [7, 11) is 1.16. The monoisotopic (exact) mass is 391 g/mol. The quantitative estimate of drug-likeness (QED) is 0.580. The fraction of sp³-hybridized carbons (Fsp3) is 0.294. The van der Waals surface area contributed by atoms with Crippen molar-refractivity contribution in [3.05, 3.63) is 41.1 Å². The number of aliphatic hydroxyl groups is 1. The molecular weight excluding hydrogens is 374 g/mol. The van der Waals surface area contributed by atoms with E-state index in [0.717, 1.165) is 28.6 Å². The minimum atomic E-state index is -1.17. The van der Waals surface area contributed by atoms with Crippen LogP contribution in [0.1, 0.15) is 21.4 Å². The Morgan fingerprint density at radius 2 is 2.19 bits per heavy atom. The van der Waals surface area contributed by atoms with Crippen LogP contribution in [0.4, 0.5) is 0 Å². The van der Waals surface area contributed by atoms with E-state index in [1.807, 2.05) is 25.1 Å². The zero-order valence-electron chi connectivity index (χ0n) is 14.6. The predicted molar refractivity (Wildman–Crippen MR) is 95.5 cm³/mol. The Hall–Kier alpha value is -2.98. The first-order chi connectivity index (χ1) is 13.0. The second kappa shape index (κ2) is 8.14. The Morgan fingerprint density at radius 1 is 1.37 bits per heavy atom. The molecule has 0 aliphatic rings. The molecule has 1 unspecified atom stereocenters. The highest BCUT2D eigenvalue weighted by Gasteiger charge is 2.23. The largest absolute Gasteiger partial charge is 0.484 e. The molecule has 0 bridgehead atoms. The number of ether oxygens (including phenoxy) is 2. The van der Waals surface area contributed by atoms with Gasteiger partial charge in [-0.05, 0) is 19.1 Å². The van der Waals surface area contributed by atoms with Gasteiger partial charge in [0.05, 0.1) is 28.9 Å². The van der Waals surface area contributed by atoms with Gasteiger partial charge in [-0.2, -0.15) is 0 Å². The maximum absolute atomic E-state index is 12.1. The average Bonchev–Trinajstić information content (AvgIpc) is 3.28. The third kappa shape index (κ3) is 4.41. The van der Waals surface area contributed by atoms with Crippen molar-refractivity contribution in [1.82, 2.24) is 15.3 Å². The first-order valence-corrected chi connectivity index (χ1v) is 8.75. The van der Waals surface area contributed by atoms with Crippen LogP contribution in [0.3, 0.4) is 0 Å². The lowest BCUT2D eigenvalue weighted by Gasteiger charge is -2.12. The number of rotatable bonds is 7. The lowest BCUT2D eigenvalue weighted by Crippen LogP contribution is -2.44. The number of fused-ring (bicyclic) bond motifs is 1. The van der Waals surface area contributed by atoms with Gasteiger partial charge < -0.3 is 24.3 Å². The third-order valence-corrected chi connectivity index (χ3v) is 4.54. The van der Waals surface area contributed by atoms with Gasteiger partial charge >= 0.3 is 5.97 Å². The van der Waals surface area contributed by atoms with Crippen LogP contribution in [0.15, 0.2) is 28.9 Å². The molecule has 0 radical (unpaired) electrons. The molecule has 0 saturated carbocycles. The highest BCUT2D eigenvalue weighted by molar-refractivity contribution is 7.18. The summed E-state index contributed by atoms with van der Waals surface area (Å²) in [6.07, 6.45) is 1.15. The number of nitrogens with zero attached hydrogens (tertiary/aromatic N) is 2. The number of benzene rings is 1. The standard InChI is InChI=1S/C17H17N3O6S/c1-9-18-11-5-10(3-4-14(11)27-9)25-8-15-19-13(7-26-15)16(22)20-12(6-21)17(23)24-2/h3-5,7,12,21H,6,8H2,1-2H3,(H,20,22). The van der Waals surface area contributed by atoms with Crippen molar-refractivity contribution in [2.75, 3.05) is 13.7 Å². The molecule has 1 aromatic carbocycles. The van der Waals surface area contributed by atoms with Crippen LogP contribution in [0, 0.1) is 6.92 Å². The van der Waals surface area contributed by atoms with Gasteiger partial charge in [0.1, 0.15) is 12.0 Å². The number of hydrogen-bond acceptors (Lipinski definition) is 9. The van der Waals surface area contributed by atoms with Crippen molar-refractivity contribution in [2.24, 2.45) is 0 Å². The summed E-state index contributed by atoms with van der Waals surface area (Å²) in [5.74, 6) is -0.643. The van der Waals surface area contributed by atoms with E-state index in [4.69, 9.17) is 14.3 Å². The molecule has 3 aromatic rings. The van der Waals surface area contributed by atoms with Crippen LogP contribution in [0.25, 0.3) is 10.2 Å². The van der Waals surface area contributed by atoms with E-state index in [1.165, 1.54) is 0 Å². The molecule has 0 fully saturated rings. The Bertz CT molecular complexity index is 967. The fourth-order valence-electron chi connectivity index (χ4n) is 2.29. The number of esters is 1. The molecular formula is C17H17N3O6S. The molecule has 3 rings (SSSR count). The second-order valence-corrected chi connectivity index (χ2v) is 6.74. The van der Waals surface area contributed by atoms with Gasteiger partial charge in [0, 0.05) is 6.07 Å². The molecule has 0 aliphatic heterocycles. The number of hydrogen-bond donors (Lipinski definition) is 2. The van der Waals surface area contributed by atoms with Crippen molar-refractivity contribution >= 4 is 33.4 Å². The zero-order valence-corrected chi connectivity index (χ0v) is 15.4. The summed E-state index contributed by atoms with van der Waals surface area (Å²) >= 11 is 1.60. The molecule has 1 atom stereocenters. The van der Waals surface area contributed by atoms with Crippen LogP contribution in [-0.4, -0.2) is 46.7 Å². The van der Waals surface area contributed by atoms with E-state index in [1.54, 1.807) is 11.3 Å². The number of amides is 1. The topological polar surface area (TPSA) is 124 Å². The van der Waals surface area contributed by atoms with Gasteiger partial charge in [0.15, 0.2) is 18.3 Å². The highest BCUT2D eigenvalue weighted by Crippen LogP contribution is 2.25. The van der Waals surface area contributed by atoms with E-state index >= 15 is 0 Å². The number of carbonyl (C=O) groups is 2. The number of carbonyl (C=O) groups excluding carboxylic acids is 2. The number of aromatic nitrogens is 2. The minimum Gasteiger partial charge on any atom is -0.484 e. The number of thiazole rings is 1. The highest BCUT2D eigenvalue weighted by atomic mass is 32.1. The Morgan fingerprint density at radius 3 is 2.93 bits per heavy atom. The number of nitrogens with one attached hydrogen (secondary N) is 1. The van der Waals surface area contributed by atoms with E-state index in [-0.39, 0.29) is 18.2 Å². The van der Waals surface area contributed by atoms with Gasteiger partial charge in [0.2, 0.25) is 5.89 Å². The normalized spacial score (nSPS) is 12.0. The van der Waals surface area contributed by atoms with Crippen molar-refractivity contribution in [1.29, 1.82) is 0 Å². The Kier molecular flexibility index (Phi) is 5.67. The van der Waals surface area contributed by atoms with Gasteiger partial charge in [0.25, 0.3) is 5.91 Å². The summed E-state index contributed by atoms with van der Waals surface area (Å²) in [6, 6.07) is 4.38. The molecule has 10 heteroatoms. The summed E-state index contributed by atoms with van der Waals surface area (Å²) in [5, 5.41) is 12.4. The predicted octanol–water partition coefficient (Wildman–Crippen LogP) is 1.44. The lowest BCUT2D eigenvalue weighted by atomic mass is 10.3. The van der Waals surface area contributed by atoms with Crippen molar-refractivity contribution < 1.29 is 28.6 Å². The first kappa shape index (κ1) is 18.8. The van der Waals surface area contributed by atoms with Crippen molar-refractivity contribution in [3.8, 4) is 5.75 Å². The van der Waals surface area contributed by atoms with E-state index in [2.05, 4.69) is 20.0 Å². The van der Waals surface area contributed by atoms with Gasteiger partial charge in [-0.15, -0.1) is 11.3 Å². The molecule has 142 valence electrons. The van der Waals surface area contributed by atoms with Gasteiger partial charge in [-0.1, -0.05) is 0 Å². The van der Waals surface area contributed by atoms with Gasteiger partial charge in [-0.3, -0.25) is 4.79 Å². The summed E-state index contributed by atoms with van der Waals surface area (Å²) in [6.45, 7) is 1.36. The van der Waals surface area contributed by atoms with E-state index in [9.17, 15) is 9.59 Å². The Labute approximate surface area is 157 Å². The minimum absolute atomic E-state index is 0.0162. The van der Waals surface area contributed by atoms with Gasteiger partial charge in [-0.25, -0.2) is 14.8 Å². The number of methoxy groups -OCH3 is 1. The summed E-state index contributed by atoms with van der Waals surface area (Å²) < 4.78 is 16.4. The first-order valence-electron chi connectivity index (χ1n) is 7.94. The summed E-state index contributed by atoms with van der Waals surface area (Å²) in [5.41, 5.74) is 0.807. The molecule has 2 aromatic heterocycles. The maximum atomic E-state index is 12.1. The second-order valence-electron chi connectivity index (χ2n) is 5.51.